The Morgan fingerprint density at radius 1 is 1.40 bits per heavy atom. The third-order valence-electron chi connectivity index (χ3n) is 4.81. The van der Waals surface area contributed by atoms with E-state index in [4.69, 9.17) is 4.98 Å². The number of hydrogen-bond donors (Lipinski definition) is 3. The first-order valence-corrected chi connectivity index (χ1v) is 11.6. The van der Waals surface area contributed by atoms with Gasteiger partial charge < -0.3 is 15.7 Å². The summed E-state index contributed by atoms with van der Waals surface area (Å²) in [7, 11) is 0. The second-order valence-electron chi connectivity index (χ2n) is 7.60. The molecule has 3 N–H and O–H groups in total. The fourth-order valence-corrected chi connectivity index (χ4v) is 5.33. The number of carboxylic acids is 1. The van der Waals surface area contributed by atoms with E-state index in [0.29, 0.717) is 16.9 Å². The summed E-state index contributed by atoms with van der Waals surface area (Å²) < 4.78 is 0. The number of aromatic nitrogens is 2. The third kappa shape index (κ3) is 4.61. The minimum absolute atomic E-state index is 0.143. The number of nitrogens with zero attached hydrogens (tertiary/aromatic N) is 2. The zero-order valence-electron chi connectivity index (χ0n) is 16.9. The highest BCUT2D eigenvalue weighted by atomic mass is 32.1. The number of aromatic carboxylic acids is 1. The lowest BCUT2D eigenvalue weighted by Gasteiger charge is -2.14. The van der Waals surface area contributed by atoms with Crippen LogP contribution in [0.1, 0.15) is 41.2 Å². The number of carboxylic acid groups (broad SMARTS) is 1. The molecule has 0 saturated heterocycles. The summed E-state index contributed by atoms with van der Waals surface area (Å²) in [6.07, 6.45) is 5.79. The van der Waals surface area contributed by atoms with Crippen molar-refractivity contribution in [2.75, 3.05) is 18.4 Å². The number of rotatable bonds is 7. The summed E-state index contributed by atoms with van der Waals surface area (Å²) >= 11 is 3.14. The second kappa shape index (κ2) is 9.07. The molecule has 1 aliphatic heterocycles. The summed E-state index contributed by atoms with van der Waals surface area (Å²) in [5.41, 5.74) is 3.23. The molecule has 0 saturated carbocycles. The topological polar surface area (TPSA) is 87.1 Å². The van der Waals surface area contributed by atoms with Crippen LogP contribution in [0.2, 0.25) is 0 Å². The Morgan fingerprint density at radius 3 is 2.93 bits per heavy atom. The first-order valence-electron chi connectivity index (χ1n) is 9.95. The quantitative estimate of drug-likeness (QED) is 0.463. The Balaban J connectivity index is 1.67. The molecule has 0 aliphatic carbocycles. The Bertz CT molecular complexity index is 1070. The third-order valence-corrected chi connectivity index (χ3v) is 6.72. The molecule has 3 aromatic rings. The average Bonchev–Trinajstić information content (AvgIpc) is 3.39. The number of thiazole rings is 1. The summed E-state index contributed by atoms with van der Waals surface area (Å²) in [4.78, 5) is 23.4. The van der Waals surface area contributed by atoms with Gasteiger partial charge in [-0.05, 0) is 48.4 Å². The zero-order chi connectivity index (χ0) is 21.1. The summed E-state index contributed by atoms with van der Waals surface area (Å²) in [5.74, 6) is -0.181. The van der Waals surface area contributed by atoms with Crippen LogP contribution in [0.5, 0.6) is 0 Å². The molecule has 6 nitrogen and oxygen atoms in total. The van der Waals surface area contributed by atoms with Crippen molar-refractivity contribution in [3.05, 3.63) is 52.0 Å². The first kappa shape index (κ1) is 20.7. The molecule has 0 amide bonds. The first-order chi connectivity index (χ1) is 14.5. The van der Waals surface area contributed by atoms with E-state index in [1.807, 2.05) is 17.5 Å². The molecule has 0 fully saturated rings. The van der Waals surface area contributed by atoms with Crippen molar-refractivity contribution < 1.29 is 9.90 Å². The molecule has 30 heavy (non-hydrogen) atoms. The molecule has 1 aliphatic rings. The van der Waals surface area contributed by atoms with Crippen molar-refractivity contribution in [2.45, 2.75) is 26.7 Å². The van der Waals surface area contributed by atoms with Crippen molar-refractivity contribution in [3.63, 3.8) is 0 Å². The van der Waals surface area contributed by atoms with Crippen molar-refractivity contribution in [1.82, 2.24) is 15.3 Å². The van der Waals surface area contributed by atoms with E-state index in [1.165, 1.54) is 10.5 Å². The molecule has 0 aromatic carbocycles. The molecule has 8 heteroatoms. The maximum atomic E-state index is 11.9. The summed E-state index contributed by atoms with van der Waals surface area (Å²) in [6, 6.07) is 5.57. The largest absolute Gasteiger partial charge is 0.478 e. The number of nitrogens with one attached hydrogen (secondary N) is 2. The predicted molar refractivity (Wildman–Crippen MR) is 124 cm³/mol. The lowest BCUT2D eigenvalue weighted by Crippen LogP contribution is -2.20. The highest BCUT2D eigenvalue weighted by Gasteiger charge is 2.20. The van der Waals surface area contributed by atoms with Crippen LogP contribution in [0.15, 0.2) is 35.9 Å². The van der Waals surface area contributed by atoms with Crippen LogP contribution in [0.4, 0.5) is 10.9 Å². The highest BCUT2D eigenvalue weighted by Crippen LogP contribution is 2.34. The van der Waals surface area contributed by atoms with E-state index in [9.17, 15) is 9.90 Å². The molecule has 4 rings (SSSR count). The van der Waals surface area contributed by atoms with Crippen LogP contribution in [-0.4, -0.2) is 34.1 Å². The van der Waals surface area contributed by atoms with Crippen LogP contribution in [-0.2, 0) is 6.42 Å². The van der Waals surface area contributed by atoms with Crippen LogP contribution in [0.3, 0.4) is 0 Å². The number of hydrogen-bond acceptors (Lipinski definition) is 7. The molecule has 0 unspecified atom stereocenters. The fourth-order valence-electron chi connectivity index (χ4n) is 3.41. The normalized spacial score (nSPS) is 14.0. The van der Waals surface area contributed by atoms with Crippen LogP contribution < -0.4 is 10.6 Å². The Hall–Kier alpha value is -2.55. The van der Waals surface area contributed by atoms with Gasteiger partial charge in [0, 0.05) is 28.1 Å². The van der Waals surface area contributed by atoms with E-state index < -0.39 is 5.97 Å². The lowest BCUT2D eigenvalue weighted by atomic mass is 10.0. The maximum absolute atomic E-state index is 11.9. The molecule has 0 radical (unpaired) electrons. The van der Waals surface area contributed by atoms with E-state index in [-0.39, 0.29) is 5.56 Å². The summed E-state index contributed by atoms with van der Waals surface area (Å²) in [6.45, 7) is 6.19. The predicted octanol–water partition coefficient (Wildman–Crippen LogP) is 5.28. The molecule has 0 bridgehead atoms. The van der Waals surface area contributed by atoms with E-state index >= 15 is 0 Å². The van der Waals surface area contributed by atoms with Crippen LogP contribution >= 0.6 is 22.7 Å². The minimum atomic E-state index is -1.01. The van der Waals surface area contributed by atoms with Gasteiger partial charge in [-0.15, -0.1) is 22.7 Å². The van der Waals surface area contributed by atoms with Gasteiger partial charge in [-0.3, -0.25) is 0 Å². The van der Waals surface area contributed by atoms with Gasteiger partial charge in [0.15, 0.2) is 5.13 Å². The molecule has 156 valence electrons. The Labute approximate surface area is 183 Å². The zero-order valence-corrected chi connectivity index (χ0v) is 18.6. The average molecular weight is 441 g/mol. The molecule has 0 spiro atoms. The highest BCUT2D eigenvalue weighted by molar-refractivity contribution is 7.15. The number of carbonyl (C=O) groups is 1. The van der Waals surface area contributed by atoms with E-state index in [1.54, 1.807) is 34.9 Å². The van der Waals surface area contributed by atoms with Gasteiger partial charge in [0.1, 0.15) is 11.4 Å². The van der Waals surface area contributed by atoms with Gasteiger partial charge in [-0.25, -0.2) is 14.8 Å². The van der Waals surface area contributed by atoms with Crippen molar-refractivity contribution in [3.8, 4) is 10.4 Å². The number of thiophene rings is 1. The monoisotopic (exact) mass is 440 g/mol. The van der Waals surface area contributed by atoms with Gasteiger partial charge in [0.25, 0.3) is 0 Å². The molecule has 3 aromatic heterocycles. The van der Waals surface area contributed by atoms with Gasteiger partial charge >= 0.3 is 5.97 Å². The van der Waals surface area contributed by atoms with E-state index in [0.717, 1.165) is 42.1 Å². The van der Waals surface area contributed by atoms with Gasteiger partial charge in [-0.1, -0.05) is 26.0 Å². The van der Waals surface area contributed by atoms with Crippen molar-refractivity contribution >= 4 is 45.2 Å². The minimum Gasteiger partial charge on any atom is -0.478 e. The van der Waals surface area contributed by atoms with Crippen LogP contribution in [0.25, 0.3) is 16.0 Å². The SMILES string of the molecule is CC(C)Cc1sc(Nc2ncc(-c3cccs3)cc2C(=O)O)nc1C1=CCNCC1. The van der Waals surface area contributed by atoms with Gasteiger partial charge in [0.2, 0.25) is 0 Å². The van der Waals surface area contributed by atoms with Crippen molar-refractivity contribution in [1.29, 1.82) is 0 Å². The van der Waals surface area contributed by atoms with Gasteiger partial charge in [-0.2, -0.15) is 0 Å². The van der Waals surface area contributed by atoms with Crippen molar-refractivity contribution in [2.24, 2.45) is 5.92 Å². The molecular formula is C22H24N4O2S2. The molecular weight excluding hydrogens is 416 g/mol. The van der Waals surface area contributed by atoms with Gasteiger partial charge in [0.05, 0.1) is 5.69 Å². The number of pyridine rings is 1. The lowest BCUT2D eigenvalue weighted by molar-refractivity contribution is 0.0697. The Kier molecular flexibility index (Phi) is 6.26. The van der Waals surface area contributed by atoms with Crippen LogP contribution in [0, 0.1) is 5.92 Å². The second-order valence-corrected chi connectivity index (χ2v) is 9.63. The molecule has 0 atom stereocenters. The molecule has 4 heterocycles. The fraction of sp³-hybridized carbons (Fsp3) is 0.318. The van der Waals surface area contributed by atoms with E-state index in [2.05, 4.69) is 35.5 Å². The standard InChI is InChI=1S/C22H24N4O2S2/c1-13(2)10-18-19(14-5-7-23-8-6-14)25-22(30-18)26-20-16(21(27)28)11-15(12-24-20)17-4-3-9-29-17/h3-5,9,11-13,23H,6-8,10H2,1-2H3,(H,27,28)(H,24,25,26). The smallest absolute Gasteiger partial charge is 0.339 e. The summed E-state index contributed by atoms with van der Waals surface area (Å²) in [5, 5.41) is 18.9. The maximum Gasteiger partial charge on any atom is 0.339 e. The Morgan fingerprint density at radius 2 is 2.27 bits per heavy atom. The number of anilines is 2.